The molecule has 4 aromatic rings. The Bertz CT molecular complexity index is 1500. The molecule has 2 aliphatic heterocycles. The van der Waals surface area contributed by atoms with Crippen molar-refractivity contribution in [2.45, 2.75) is 19.1 Å². The molecule has 2 aromatic carbocycles. The van der Waals surface area contributed by atoms with Crippen LogP contribution in [0.3, 0.4) is 0 Å². The molecule has 0 bridgehead atoms. The van der Waals surface area contributed by atoms with Crippen LogP contribution in [0.5, 0.6) is 11.5 Å². The number of aromatic amines is 1. The molecule has 8 heteroatoms. The Balaban J connectivity index is 1.18. The minimum absolute atomic E-state index is 0.0836. The Labute approximate surface area is 221 Å². The average molecular weight is 510 g/mol. The lowest BCUT2D eigenvalue weighted by atomic mass is 9.95. The Morgan fingerprint density at radius 1 is 1.11 bits per heavy atom. The number of pyridine rings is 2. The van der Waals surface area contributed by atoms with E-state index in [4.69, 9.17) is 9.47 Å². The second-order valence-corrected chi connectivity index (χ2v) is 9.90. The lowest BCUT2D eigenvalue weighted by Crippen LogP contribution is -2.41. The van der Waals surface area contributed by atoms with Gasteiger partial charge in [-0.05, 0) is 47.5 Å². The first kappa shape index (κ1) is 24.1. The van der Waals surface area contributed by atoms with Crippen molar-refractivity contribution in [2.24, 2.45) is 0 Å². The van der Waals surface area contributed by atoms with Gasteiger partial charge in [0.25, 0.3) is 5.56 Å². The highest BCUT2D eigenvalue weighted by Gasteiger charge is 2.29. The van der Waals surface area contributed by atoms with Gasteiger partial charge in [-0.25, -0.2) is 4.98 Å². The maximum Gasteiger partial charge on any atom is 0.271 e. The van der Waals surface area contributed by atoms with Gasteiger partial charge in [0.1, 0.15) is 29.1 Å². The standard InChI is InChI=1S/C30H31N5O3/c1-34(2)28-11-8-20(18-33-28)17-32-23-9-10-26-22(16-23)15-21-5-3-6-24(29(21)38-26)27-19-35(13-14-37-27)25-7-4-12-31-30(25)36/h3-12,16,18,27,32H,13-15,17,19H2,1-2H3,(H,31,36). The molecule has 0 saturated carbocycles. The first-order valence-corrected chi connectivity index (χ1v) is 12.9. The second-order valence-electron chi connectivity index (χ2n) is 9.90. The van der Waals surface area contributed by atoms with Crippen LogP contribution in [0, 0.1) is 0 Å². The van der Waals surface area contributed by atoms with E-state index in [1.54, 1.807) is 6.20 Å². The number of benzene rings is 2. The van der Waals surface area contributed by atoms with Gasteiger partial charge in [-0.3, -0.25) is 4.79 Å². The maximum absolute atomic E-state index is 12.4. The van der Waals surface area contributed by atoms with Crippen LogP contribution < -0.4 is 25.4 Å². The zero-order valence-electron chi connectivity index (χ0n) is 21.6. The lowest BCUT2D eigenvalue weighted by Gasteiger charge is -2.35. The molecule has 1 saturated heterocycles. The summed E-state index contributed by atoms with van der Waals surface area (Å²) in [7, 11) is 3.97. The van der Waals surface area contributed by atoms with Gasteiger partial charge >= 0.3 is 0 Å². The molecule has 1 unspecified atom stereocenters. The van der Waals surface area contributed by atoms with Crippen LogP contribution in [0.15, 0.2) is 77.9 Å². The number of nitrogens with zero attached hydrogens (tertiary/aromatic N) is 3. The normalized spacial score (nSPS) is 16.3. The smallest absolute Gasteiger partial charge is 0.271 e. The SMILES string of the molecule is CN(C)c1ccc(CNc2ccc3c(c2)Cc2cccc(C4CN(c5ccc[nH]c5=O)CCO4)c2O3)cn1. The molecule has 0 aliphatic carbocycles. The van der Waals surface area contributed by atoms with Crippen molar-refractivity contribution < 1.29 is 9.47 Å². The highest BCUT2D eigenvalue weighted by atomic mass is 16.5. The predicted octanol–water partition coefficient (Wildman–Crippen LogP) is 4.72. The fourth-order valence-corrected chi connectivity index (χ4v) is 5.07. The largest absolute Gasteiger partial charge is 0.456 e. The number of anilines is 3. The van der Waals surface area contributed by atoms with Crippen molar-refractivity contribution in [1.29, 1.82) is 0 Å². The topological polar surface area (TPSA) is 82.7 Å². The molecule has 8 nitrogen and oxygen atoms in total. The molecule has 38 heavy (non-hydrogen) atoms. The minimum Gasteiger partial charge on any atom is -0.456 e. The van der Waals surface area contributed by atoms with E-state index in [2.05, 4.69) is 56.6 Å². The Morgan fingerprint density at radius 3 is 2.84 bits per heavy atom. The molecule has 2 aliphatic rings. The van der Waals surface area contributed by atoms with E-state index in [0.717, 1.165) is 51.7 Å². The zero-order chi connectivity index (χ0) is 26.1. The molecule has 0 spiro atoms. The van der Waals surface area contributed by atoms with Crippen LogP contribution in [-0.4, -0.2) is 43.8 Å². The van der Waals surface area contributed by atoms with Gasteiger partial charge in [0, 0.05) is 69.4 Å². The number of fused-ring (bicyclic) bond motifs is 2. The fourth-order valence-electron chi connectivity index (χ4n) is 5.07. The molecule has 0 radical (unpaired) electrons. The molecule has 1 atom stereocenters. The number of nitrogens with one attached hydrogen (secondary N) is 2. The van der Waals surface area contributed by atoms with E-state index in [1.807, 2.05) is 49.5 Å². The number of hydrogen-bond acceptors (Lipinski definition) is 7. The number of aromatic nitrogens is 2. The molecule has 2 aromatic heterocycles. The molecule has 6 rings (SSSR count). The predicted molar refractivity (Wildman–Crippen MR) is 150 cm³/mol. The van der Waals surface area contributed by atoms with E-state index < -0.39 is 0 Å². The molecular weight excluding hydrogens is 478 g/mol. The van der Waals surface area contributed by atoms with E-state index >= 15 is 0 Å². The van der Waals surface area contributed by atoms with Crippen molar-refractivity contribution in [1.82, 2.24) is 9.97 Å². The summed E-state index contributed by atoms with van der Waals surface area (Å²) in [5.41, 5.74) is 6.04. The summed E-state index contributed by atoms with van der Waals surface area (Å²) in [5, 5.41) is 3.51. The number of para-hydroxylation sites is 1. The Morgan fingerprint density at radius 2 is 2.03 bits per heavy atom. The van der Waals surface area contributed by atoms with Crippen molar-refractivity contribution >= 4 is 17.2 Å². The van der Waals surface area contributed by atoms with Crippen LogP contribution in [0.4, 0.5) is 17.2 Å². The highest BCUT2D eigenvalue weighted by Crippen LogP contribution is 2.43. The minimum atomic E-state index is -0.187. The molecule has 0 amide bonds. The van der Waals surface area contributed by atoms with Crippen molar-refractivity contribution in [2.75, 3.05) is 48.9 Å². The first-order valence-electron chi connectivity index (χ1n) is 12.9. The summed E-state index contributed by atoms with van der Waals surface area (Å²) in [5.74, 6) is 2.67. The van der Waals surface area contributed by atoms with E-state index in [-0.39, 0.29) is 11.7 Å². The molecular formula is C30H31N5O3. The van der Waals surface area contributed by atoms with Gasteiger partial charge in [0.15, 0.2) is 0 Å². The van der Waals surface area contributed by atoms with Gasteiger partial charge in [-0.1, -0.05) is 24.3 Å². The summed E-state index contributed by atoms with van der Waals surface area (Å²) in [6, 6.07) is 20.3. The van der Waals surface area contributed by atoms with Crippen molar-refractivity contribution in [3.05, 3.63) is 106 Å². The lowest BCUT2D eigenvalue weighted by molar-refractivity contribution is 0.0383. The Kier molecular flexibility index (Phi) is 6.47. The van der Waals surface area contributed by atoms with E-state index in [0.29, 0.717) is 31.9 Å². The number of H-pyrrole nitrogens is 1. The monoisotopic (exact) mass is 509 g/mol. The summed E-state index contributed by atoms with van der Waals surface area (Å²) in [4.78, 5) is 23.7. The number of morpholine rings is 1. The third kappa shape index (κ3) is 4.82. The fraction of sp³-hybridized carbons (Fsp3) is 0.267. The molecule has 1 fully saturated rings. The van der Waals surface area contributed by atoms with Gasteiger partial charge < -0.3 is 29.6 Å². The summed E-state index contributed by atoms with van der Waals surface area (Å²) < 4.78 is 12.6. The second kappa shape index (κ2) is 10.2. The van der Waals surface area contributed by atoms with Crippen LogP contribution in [0.2, 0.25) is 0 Å². The van der Waals surface area contributed by atoms with Crippen LogP contribution in [0.25, 0.3) is 0 Å². The van der Waals surface area contributed by atoms with Gasteiger partial charge in [0.05, 0.1) is 6.61 Å². The number of ether oxygens (including phenoxy) is 2. The Hall–Kier alpha value is -4.30. The summed E-state index contributed by atoms with van der Waals surface area (Å²) >= 11 is 0. The summed E-state index contributed by atoms with van der Waals surface area (Å²) in [6.07, 6.45) is 4.16. The third-order valence-corrected chi connectivity index (χ3v) is 7.10. The van der Waals surface area contributed by atoms with E-state index in [1.165, 1.54) is 0 Å². The average Bonchev–Trinajstić information content (AvgIpc) is 2.95. The number of hydrogen-bond donors (Lipinski definition) is 2. The quantitative estimate of drug-likeness (QED) is 0.343. The van der Waals surface area contributed by atoms with Gasteiger partial charge in [-0.15, -0.1) is 0 Å². The zero-order valence-corrected chi connectivity index (χ0v) is 21.6. The third-order valence-electron chi connectivity index (χ3n) is 7.10. The highest BCUT2D eigenvalue weighted by molar-refractivity contribution is 5.59. The van der Waals surface area contributed by atoms with Crippen LogP contribution >= 0.6 is 0 Å². The molecule has 194 valence electrons. The van der Waals surface area contributed by atoms with Crippen LogP contribution in [-0.2, 0) is 17.7 Å². The van der Waals surface area contributed by atoms with Gasteiger partial charge in [-0.2, -0.15) is 0 Å². The molecule has 4 heterocycles. The van der Waals surface area contributed by atoms with Crippen molar-refractivity contribution in [3.8, 4) is 11.5 Å². The van der Waals surface area contributed by atoms with Crippen LogP contribution in [0.1, 0.15) is 28.4 Å². The first-order chi connectivity index (χ1) is 18.5. The van der Waals surface area contributed by atoms with E-state index in [9.17, 15) is 4.79 Å². The maximum atomic E-state index is 12.4. The summed E-state index contributed by atoms with van der Waals surface area (Å²) in [6.45, 7) is 2.50. The van der Waals surface area contributed by atoms with Crippen molar-refractivity contribution in [3.63, 3.8) is 0 Å². The number of rotatable bonds is 6. The molecule has 2 N–H and O–H groups in total. The van der Waals surface area contributed by atoms with Gasteiger partial charge in [0.2, 0.25) is 0 Å².